The van der Waals surface area contributed by atoms with Crippen LogP contribution in [0.5, 0.6) is 0 Å². The lowest BCUT2D eigenvalue weighted by molar-refractivity contribution is -0.140. The van der Waals surface area contributed by atoms with Gasteiger partial charge < -0.3 is 15.2 Å². The Morgan fingerprint density at radius 3 is 2.70 bits per heavy atom. The molecule has 0 unspecified atom stereocenters. The molecule has 0 amide bonds. The summed E-state index contributed by atoms with van der Waals surface area (Å²) in [7, 11) is 1.59. The number of nitrogens with zero attached hydrogens (tertiary/aromatic N) is 3. The predicted molar refractivity (Wildman–Crippen MR) is 111 cm³/mol. The van der Waals surface area contributed by atoms with E-state index in [0.29, 0.717) is 24.1 Å². The molecule has 27 heavy (non-hydrogen) atoms. The van der Waals surface area contributed by atoms with E-state index in [1.54, 1.807) is 23.9 Å². The zero-order valence-electron chi connectivity index (χ0n) is 14.6. The summed E-state index contributed by atoms with van der Waals surface area (Å²) in [6, 6.07) is 5.04. The Morgan fingerprint density at radius 2 is 2.07 bits per heavy atom. The molecule has 2 N–H and O–H groups in total. The molecule has 0 radical (unpaired) electrons. The molecular weight excluding hydrogens is 494 g/mol. The Morgan fingerprint density at radius 1 is 1.30 bits per heavy atom. The zero-order chi connectivity index (χ0) is 19.0. The number of pyridine rings is 1. The SMILES string of the molecule is CN=C(NCCCCn1ccccc1=O)NCc1nc(C(F)(F)F)cs1.I. The molecule has 0 aliphatic carbocycles. The fourth-order valence-corrected chi connectivity index (χ4v) is 2.90. The maximum Gasteiger partial charge on any atom is 0.434 e. The van der Waals surface area contributed by atoms with Crippen molar-refractivity contribution in [2.75, 3.05) is 13.6 Å². The fourth-order valence-electron chi connectivity index (χ4n) is 2.16. The molecule has 2 heterocycles. The van der Waals surface area contributed by atoms with Crippen LogP contribution < -0.4 is 16.2 Å². The highest BCUT2D eigenvalue weighted by Gasteiger charge is 2.33. The Balaban J connectivity index is 0.00000364. The van der Waals surface area contributed by atoms with Crippen LogP contribution in [0.4, 0.5) is 13.2 Å². The number of hydrogen-bond donors (Lipinski definition) is 2. The van der Waals surface area contributed by atoms with Crippen molar-refractivity contribution in [1.29, 1.82) is 0 Å². The Hall–Kier alpha value is -1.63. The lowest BCUT2D eigenvalue weighted by Crippen LogP contribution is -2.37. The van der Waals surface area contributed by atoms with Crippen LogP contribution in [0.3, 0.4) is 0 Å². The van der Waals surface area contributed by atoms with Gasteiger partial charge in [0, 0.05) is 37.8 Å². The standard InChI is InChI=1S/C16H20F3N5OS.HI/c1-20-15(22-10-13-23-12(11-26-13)16(17,18)19)21-7-3-5-9-24-8-4-2-6-14(24)25;/h2,4,6,8,11H,3,5,7,9-10H2,1H3,(H2,20,21,22);1H. The number of aliphatic imine (C=N–C) groups is 1. The molecule has 2 aromatic rings. The molecule has 11 heteroatoms. The lowest BCUT2D eigenvalue weighted by atomic mass is 10.3. The lowest BCUT2D eigenvalue weighted by Gasteiger charge is -2.11. The highest BCUT2D eigenvalue weighted by atomic mass is 127. The molecule has 0 saturated carbocycles. The summed E-state index contributed by atoms with van der Waals surface area (Å²) < 4.78 is 39.2. The van der Waals surface area contributed by atoms with E-state index in [1.165, 1.54) is 6.07 Å². The minimum atomic E-state index is -4.42. The van der Waals surface area contributed by atoms with E-state index in [-0.39, 0.29) is 36.1 Å². The Labute approximate surface area is 175 Å². The number of unbranched alkanes of at least 4 members (excludes halogenated alkanes) is 1. The van der Waals surface area contributed by atoms with Gasteiger partial charge in [-0.25, -0.2) is 4.98 Å². The van der Waals surface area contributed by atoms with E-state index in [0.717, 1.165) is 29.6 Å². The van der Waals surface area contributed by atoms with Crippen LogP contribution in [0, 0.1) is 0 Å². The second-order valence-electron chi connectivity index (χ2n) is 5.42. The number of thiazole rings is 1. The summed E-state index contributed by atoms with van der Waals surface area (Å²) >= 11 is 0.951. The first kappa shape index (κ1) is 23.4. The molecular formula is C16H21F3IN5OS. The van der Waals surface area contributed by atoms with E-state index < -0.39 is 11.9 Å². The fraction of sp³-hybridized carbons (Fsp3) is 0.438. The molecule has 0 bridgehead atoms. The van der Waals surface area contributed by atoms with Crippen molar-refractivity contribution in [1.82, 2.24) is 20.2 Å². The summed E-state index contributed by atoms with van der Waals surface area (Å²) in [5, 5.41) is 7.35. The Kier molecular flexibility index (Phi) is 9.77. The van der Waals surface area contributed by atoms with Crippen LogP contribution in [0.2, 0.25) is 0 Å². The van der Waals surface area contributed by atoms with Crippen molar-refractivity contribution in [2.24, 2.45) is 4.99 Å². The highest BCUT2D eigenvalue weighted by molar-refractivity contribution is 14.0. The molecule has 0 aromatic carbocycles. The molecule has 2 rings (SSSR count). The zero-order valence-corrected chi connectivity index (χ0v) is 17.8. The normalized spacial score (nSPS) is 11.8. The van der Waals surface area contributed by atoms with E-state index in [9.17, 15) is 18.0 Å². The molecule has 0 aliphatic heterocycles. The van der Waals surface area contributed by atoms with Crippen LogP contribution >= 0.6 is 35.3 Å². The average Bonchev–Trinajstić information content (AvgIpc) is 3.08. The molecule has 0 atom stereocenters. The predicted octanol–water partition coefficient (Wildman–Crippen LogP) is 3.09. The van der Waals surface area contributed by atoms with Gasteiger partial charge in [-0.3, -0.25) is 9.79 Å². The van der Waals surface area contributed by atoms with Crippen LogP contribution in [-0.2, 0) is 19.3 Å². The van der Waals surface area contributed by atoms with Gasteiger partial charge in [-0.2, -0.15) is 13.2 Å². The maximum absolute atomic E-state index is 12.5. The van der Waals surface area contributed by atoms with Crippen molar-refractivity contribution in [3.63, 3.8) is 0 Å². The molecule has 0 saturated heterocycles. The van der Waals surface area contributed by atoms with E-state index in [4.69, 9.17) is 0 Å². The van der Waals surface area contributed by atoms with Gasteiger partial charge >= 0.3 is 6.18 Å². The third-order valence-corrected chi connectivity index (χ3v) is 4.34. The summed E-state index contributed by atoms with van der Waals surface area (Å²) in [5.41, 5.74) is -0.905. The topological polar surface area (TPSA) is 71.3 Å². The van der Waals surface area contributed by atoms with Crippen LogP contribution in [0.1, 0.15) is 23.5 Å². The number of guanidine groups is 1. The first-order valence-corrected chi connectivity index (χ1v) is 8.89. The van der Waals surface area contributed by atoms with Gasteiger partial charge in [-0.1, -0.05) is 6.07 Å². The van der Waals surface area contributed by atoms with E-state index in [1.807, 2.05) is 6.07 Å². The highest BCUT2D eigenvalue weighted by Crippen LogP contribution is 2.29. The van der Waals surface area contributed by atoms with Gasteiger partial charge in [-0.15, -0.1) is 35.3 Å². The first-order valence-electron chi connectivity index (χ1n) is 8.01. The maximum atomic E-state index is 12.5. The van der Waals surface area contributed by atoms with Crippen molar-refractivity contribution >= 4 is 41.3 Å². The summed E-state index contributed by atoms with van der Waals surface area (Å²) in [6.07, 6.45) is -1.04. The van der Waals surface area contributed by atoms with Gasteiger partial charge in [0.1, 0.15) is 5.01 Å². The van der Waals surface area contributed by atoms with Gasteiger partial charge in [0.2, 0.25) is 5.56 Å². The minimum absolute atomic E-state index is 0. The third-order valence-electron chi connectivity index (χ3n) is 3.49. The van der Waals surface area contributed by atoms with Crippen molar-refractivity contribution in [3.8, 4) is 0 Å². The van der Waals surface area contributed by atoms with Crippen molar-refractivity contribution in [2.45, 2.75) is 32.1 Å². The second-order valence-corrected chi connectivity index (χ2v) is 6.36. The van der Waals surface area contributed by atoms with Gasteiger partial charge in [0.25, 0.3) is 0 Å². The quantitative estimate of drug-likeness (QED) is 0.258. The van der Waals surface area contributed by atoms with Crippen molar-refractivity contribution in [3.05, 3.63) is 50.8 Å². The van der Waals surface area contributed by atoms with Crippen LogP contribution in [0.25, 0.3) is 0 Å². The molecule has 0 aliphatic rings. The summed E-state index contributed by atoms with van der Waals surface area (Å²) in [6.45, 7) is 1.43. The second kappa shape index (κ2) is 11.3. The number of aryl methyl sites for hydroxylation is 1. The molecule has 6 nitrogen and oxygen atoms in total. The van der Waals surface area contributed by atoms with Crippen LogP contribution in [-0.4, -0.2) is 29.1 Å². The largest absolute Gasteiger partial charge is 0.434 e. The minimum Gasteiger partial charge on any atom is -0.356 e. The number of rotatable bonds is 7. The average molecular weight is 515 g/mol. The summed E-state index contributed by atoms with van der Waals surface area (Å²) in [5.74, 6) is 0.491. The van der Waals surface area contributed by atoms with Gasteiger partial charge in [0.05, 0.1) is 6.54 Å². The number of aromatic nitrogens is 2. The molecule has 0 spiro atoms. The van der Waals surface area contributed by atoms with Crippen LogP contribution in [0.15, 0.2) is 39.6 Å². The van der Waals surface area contributed by atoms with E-state index >= 15 is 0 Å². The molecule has 0 fully saturated rings. The molecule has 150 valence electrons. The number of halogens is 4. The third kappa shape index (κ3) is 7.87. The van der Waals surface area contributed by atoms with Gasteiger partial charge in [-0.05, 0) is 18.9 Å². The summed E-state index contributed by atoms with van der Waals surface area (Å²) in [4.78, 5) is 19.1. The first-order chi connectivity index (χ1) is 12.4. The number of hydrogen-bond acceptors (Lipinski definition) is 4. The monoisotopic (exact) mass is 515 g/mol. The number of alkyl halides is 3. The number of nitrogens with one attached hydrogen (secondary N) is 2. The van der Waals surface area contributed by atoms with E-state index in [2.05, 4.69) is 20.6 Å². The van der Waals surface area contributed by atoms with Crippen molar-refractivity contribution < 1.29 is 13.2 Å². The molecule has 2 aromatic heterocycles. The smallest absolute Gasteiger partial charge is 0.356 e. The van der Waals surface area contributed by atoms with Gasteiger partial charge in [0.15, 0.2) is 11.7 Å². The Bertz CT molecular complexity index is 791.